The molecule has 0 radical (unpaired) electrons. The molecular weight excluding hydrogens is 240 g/mol. The minimum absolute atomic E-state index is 0.151. The Morgan fingerprint density at radius 2 is 1.59 bits per heavy atom. The van der Waals surface area contributed by atoms with Gasteiger partial charge in [-0.15, -0.1) is 0 Å². The number of pyridine rings is 2. The second-order valence-electron chi connectivity index (χ2n) is 3.71. The molecule has 3 rings (SSSR count). The van der Waals surface area contributed by atoms with Crippen LogP contribution in [0.4, 0.5) is 0 Å². The van der Waals surface area contributed by atoms with E-state index in [0.29, 0.717) is 26.8 Å². The van der Waals surface area contributed by atoms with Gasteiger partial charge < -0.3 is 9.97 Å². The quantitative estimate of drug-likeness (QED) is 0.596. The van der Waals surface area contributed by atoms with Gasteiger partial charge in [0.15, 0.2) is 10.9 Å². The topological polar surface area (TPSA) is 65.7 Å². The molecule has 2 heterocycles. The number of rotatable bonds is 0. The Bertz CT molecular complexity index is 848. The number of aromatic amines is 2. The van der Waals surface area contributed by atoms with Gasteiger partial charge in [-0.2, -0.15) is 0 Å². The summed E-state index contributed by atoms with van der Waals surface area (Å²) in [5.41, 5.74) is 0.731. The van der Waals surface area contributed by atoms with Crippen LogP contribution in [0, 0.1) is 0 Å². The Balaban J connectivity index is 2.79. The molecule has 0 bridgehead atoms. The van der Waals surface area contributed by atoms with Crippen molar-refractivity contribution in [3.05, 3.63) is 56.1 Å². The lowest BCUT2D eigenvalue weighted by Gasteiger charge is -2.04. The van der Waals surface area contributed by atoms with Crippen molar-refractivity contribution in [1.82, 2.24) is 9.97 Å². The molecule has 0 saturated carbocycles. The summed E-state index contributed by atoms with van der Waals surface area (Å²) in [6, 6.07) is 4.40. The molecule has 0 atom stereocenters. The van der Waals surface area contributed by atoms with Crippen LogP contribution in [0.25, 0.3) is 21.8 Å². The van der Waals surface area contributed by atoms with Crippen molar-refractivity contribution in [3.8, 4) is 0 Å². The fourth-order valence-corrected chi connectivity index (χ4v) is 2.28. The first kappa shape index (κ1) is 10.1. The van der Waals surface area contributed by atoms with Crippen LogP contribution in [0.3, 0.4) is 0 Å². The van der Waals surface area contributed by atoms with Gasteiger partial charge in [0.1, 0.15) is 0 Å². The summed E-state index contributed by atoms with van der Waals surface area (Å²) in [6.07, 6.45) is 3.06. The van der Waals surface area contributed by atoms with Crippen LogP contribution in [0.2, 0.25) is 5.02 Å². The number of hydrogen-bond donors (Lipinski definition) is 2. The Morgan fingerprint density at radius 1 is 0.941 bits per heavy atom. The fraction of sp³-hybridized carbons (Fsp3) is 0. The Hall–Kier alpha value is -2.07. The van der Waals surface area contributed by atoms with Crippen LogP contribution in [0.1, 0.15) is 0 Å². The maximum atomic E-state index is 11.8. The normalized spacial score (nSPS) is 11.1. The van der Waals surface area contributed by atoms with Crippen LogP contribution < -0.4 is 10.9 Å². The van der Waals surface area contributed by atoms with Gasteiger partial charge in [-0.05, 0) is 6.07 Å². The van der Waals surface area contributed by atoms with Crippen LogP contribution >= 0.6 is 11.6 Å². The number of benzene rings is 1. The van der Waals surface area contributed by atoms with Crippen LogP contribution in [0.5, 0.6) is 0 Å². The summed E-state index contributed by atoms with van der Waals surface area (Å²) in [7, 11) is 0. The first-order chi connectivity index (χ1) is 8.18. The van der Waals surface area contributed by atoms with E-state index in [4.69, 9.17) is 11.6 Å². The van der Waals surface area contributed by atoms with Crippen molar-refractivity contribution in [1.29, 1.82) is 0 Å². The average Bonchev–Trinajstić information content (AvgIpc) is 2.28. The van der Waals surface area contributed by atoms with E-state index in [1.165, 1.54) is 18.3 Å². The summed E-state index contributed by atoms with van der Waals surface area (Å²) in [6.45, 7) is 0. The molecule has 0 amide bonds. The molecule has 0 aliphatic heterocycles. The number of halogens is 1. The molecule has 17 heavy (non-hydrogen) atoms. The highest BCUT2D eigenvalue weighted by molar-refractivity contribution is 6.37. The molecule has 0 unspecified atom stereocenters. The van der Waals surface area contributed by atoms with Crippen molar-refractivity contribution in [3.63, 3.8) is 0 Å². The highest BCUT2D eigenvalue weighted by atomic mass is 35.5. The molecular formula is C12H7ClN2O2. The summed E-state index contributed by atoms with van der Waals surface area (Å²) < 4.78 is 0. The van der Waals surface area contributed by atoms with E-state index in [1.54, 1.807) is 12.3 Å². The first-order valence-corrected chi connectivity index (χ1v) is 5.37. The zero-order chi connectivity index (χ0) is 12.0. The van der Waals surface area contributed by atoms with E-state index in [9.17, 15) is 9.59 Å². The molecule has 0 aliphatic rings. The maximum Gasteiger partial charge on any atom is 0.191 e. The zero-order valence-corrected chi connectivity index (χ0v) is 9.34. The van der Waals surface area contributed by atoms with E-state index in [2.05, 4.69) is 9.97 Å². The number of nitrogens with one attached hydrogen (secondary N) is 2. The van der Waals surface area contributed by atoms with E-state index >= 15 is 0 Å². The van der Waals surface area contributed by atoms with Gasteiger partial charge in [0.2, 0.25) is 0 Å². The van der Waals surface area contributed by atoms with Crippen LogP contribution in [0.15, 0.2) is 40.2 Å². The molecule has 0 aliphatic carbocycles. The third kappa shape index (κ3) is 1.38. The van der Waals surface area contributed by atoms with Crippen molar-refractivity contribution in [2.45, 2.75) is 0 Å². The summed E-state index contributed by atoms with van der Waals surface area (Å²) in [5, 5.41) is 1.12. The Morgan fingerprint density at radius 3 is 2.35 bits per heavy atom. The maximum absolute atomic E-state index is 11.8. The van der Waals surface area contributed by atoms with Crippen LogP contribution in [-0.4, -0.2) is 9.97 Å². The predicted octanol–water partition coefficient (Wildman–Crippen LogP) is 2.02. The standard InChI is InChI=1S/C12H7ClN2O2/c13-6-5-7-11(9(17)1-3-14-7)12-10(6)8(16)2-4-15-12/h1-5H,(H,14,17)(H,15,16). The highest BCUT2D eigenvalue weighted by Gasteiger charge is 2.10. The molecule has 1 aromatic carbocycles. The van der Waals surface area contributed by atoms with E-state index in [1.807, 2.05) is 0 Å². The molecule has 0 saturated heterocycles. The lowest BCUT2D eigenvalue weighted by Crippen LogP contribution is -2.06. The molecule has 4 nitrogen and oxygen atoms in total. The van der Waals surface area contributed by atoms with Gasteiger partial charge in [0.25, 0.3) is 0 Å². The molecule has 2 N–H and O–H groups in total. The zero-order valence-electron chi connectivity index (χ0n) is 8.58. The smallest absolute Gasteiger partial charge is 0.191 e. The molecule has 3 aromatic rings. The fourth-order valence-electron chi connectivity index (χ4n) is 1.98. The molecule has 5 heteroatoms. The van der Waals surface area contributed by atoms with Crippen molar-refractivity contribution >= 4 is 33.4 Å². The van der Waals surface area contributed by atoms with Gasteiger partial charge in [0, 0.05) is 24.5 Å². The summed E-state index contributed by atoms with van der Waals surface area (Å²) in [5.74, 6) is 0. The van der Waals surface area contributed by atoms with Gasteiger partial charge >= 0.3 is 0 Å². The van der Waals surface area contributed by atoms with Crippen molar-refractivity contribution in [2.75, 3.05) is 0 Å². The monoisotopic (exact) mass is 246 g/mol. The summed E-state index contributed by atoms with van der Waals surface area (Å²) >= 11 is 6.05. The number of aromatic nitrogens is 2. The predicted molar refractivity (Wildman–Crippen MR) is 67.7 cm³/mol. The van der Waals surface area contributed by atoms with Crippen molar-refractivity contribution < 1.29 is 0 Å². The SMILES string of the molecule is O=c1cc[nH]c2c1c(Cl)cc1[nH]ccc(=O)c12. The van der Waals surface area contributed by atoms with Gasteiger partial charge in [-0.1, -0.05) is 11.6 Å². The van der Waals surface area contributed by atoms with Gasteiger partial charge in [-0.3, -0.25) is 9.59 Å². The number of H-pyrrole nitrogens is 2. The lowest BCUT2D eigenvalue weighted by atomic mass is 10.1. The second kappa shape index (κ2) is 3.46. The number of hydrogen-bond acceptors (Lipinski definition) is 2. The Labute approximate surface area is 99.9 Å². The summed E-state index contributed by atoms with van der Waals surface area (Å²) in [4.78, 5) is 29.4. The minimum Gasteiger partial charge on any atom is -0.361 e. The van der Waals surface area contributed by atoms with E-state index in [-0.39, 0.29) is 10.9 Å². The molecule has 2 aromatic heterocycles. The Kier molecular flexibility index (Phi) is 2.06. The number of fused-ring (bicyclic) bond motifs is 3. The lowest BCUT2D eigenvalue weighted by molar-refractivity contribution is 1.36. The van der Waals surface area contributed by atoms with Gasteiger partial charge in [-0.25, -0.2) is 0 Å². The highest BCUT2D eigenvalue weighted by Crippen LogP contribution is 2.24. The largest absolute Gasteiger partial charge is 0.361 e. The third-order valence-electron chi connectivity index (χ3n) is 2.71. The molecule has 0 fully saturated rings. The molecule has 84 valence electrons. The van der Waals surface area contributed by atoms with E-state index < -0.39 is 0 Å². The second-order valence-corrected chi connectivity index (χ2v) is 4.12. The minimum atomic E-state index is -0.200. The van der Waals surface area contributed by atoms with Crippen molar-refractivity contribution in [2.24, 2.45) is 0 Å². The van der Waals surface area contributed by atoms with E-state index in [0.717, 1.165) is 0 Å². The first-order valence-electron chi connectivity index (χ1n) is 5.00. The van der Waals surface area contributed by atoms with Crippen LogP contribution in [-0.2, 0) is 0 Å². The van der Waals surface area contributed by atoms with Gasteiger partial charge in [0.05, 0.1) is 26.8 Å². The molecule has 0 spiro atoms. The average molecular weight is 247 g/mol. The third-order valence-corrected chi connectivity index (χ3v) is 3.01.